The monoisotopic (exact) mass is 298 g/mol. The predicted molar refractivity (Wildman–Crippen MR) is 50.8 cm³/mol. The number of hydrogen-bond donors (Lipinski definition) is 0. The van der Waals surface area contributed by atoms with Crippen molar-refractivity contribution in [2.45, 2.75) is 31.1 Å². The van der Waals surface area contributed by atoms with E-state index in [1.165, 1.54) is 6.92 Å². The maximum Gasteiger partial charge on any atom is 0.381 e. The minimum absolute atomic E-state index is 0.0141. The third-order valence-corrected chi connectivity index (χ3v) is 2.06. The molecule has 19 heavy (non-hydrogen) atoms. The topological polar surface area (TPSA) is 9.23 Å². The zero-order valence-corrected chi connectivity index (χ0v) is 9.63. The van der Waals surface area contributed by atoms with E-state index < -0.39 is 36.6 Å². The second-order valence-corrected chi connectivity index (χ2v) is 3.69. The van der Waals surface area contributed by atoms with Gasteiger partial charge in [-0.2, -0.15) is 26.3 Å². The zero-order chi connectivity index (χ0) is 15.6. The van der Waals surface area contributed by atoms with Gasteiger partial charge in [0, 0.05) is 0 Å². The molecule has 0 aromatic carbocycles. The van der Waals surface area contributed by atoms with E-state index in [1.807, 2.05) is 0 Å². The maximum absolute atomic E-state index is 12.9. The van der Waals surface area contributed by atoms with Crippen LogP contribution in [0.15, 0.2) is 24.5 Å². The van der Waals surface area contributed by atoms with Crippen molar-refractivity contribution in [1.82, 2.24) is 0 Å². The Balaban J connectivity index is 5.08. The molecule has 9 heteroatoms. The van der Waals surface area contributed by atoms with Crippen molar-refractivity contribution in [2.75, 3.05) is 6.61 Å². The lowest BCUT2D eigenvalue weighted by molar-refractivity contribution is -0.344. The summed E-state index contributed by atoms with van der Waals surface area (Å²) < 4.78 is 104. The molecule has 112 valence electrons. The highest BCUT2D eigenvalue weighted by atomic mass is 19.4. The Bertz CT molecular complexity index is 361. The van der Waals surface area contributed by atoms with E-state index in [0.717, 1.165) is 0 Å². The summed E-state index contributed by atoms with van der Waals surface area (Å²) in [5, 5.41) is 0. The van der Waals surface area contributed by atoms with Gasteiger partial charge in [0.15, 0.2) is 6.61 Å². The SMILES string of the molecule is C=C(C)C(=C)OCC(F)(F)C(F)(F)C(F)(F)C(F)F. The predicted octanol–water partition coefficient (Wildman–Crippen LogP) is 4.26. The molecule has 0 fully saturated rings. The van der Waals surface area contributed by atoms with Crippen molar-refractivity contribution in [3.05, 3.63) is 24.5 Å². The zero-order valence-electron chi connectivity index (χ0n) is 9.63. The van der Waals surface area contributed by atoms with E-state index in [2.05, 4.69) is 17.9 Å². The Kier molecular flexibility index (Phi) is 5.01. The Labute approximate surface area is 103 Å². The van der Waals surface area contributed by atoms with Gasteiger partial charge in [0.05, 0.1) is 0 Å². The number of rotatable bonds is 7. The van der Waals surface area contributed by atoms with E-state index in [9.17, 15) is 35.1 Å². The molecule has 0 aliphatic carbocycles. The molecule has 0 radical (unpaired) electrons. The first-order valence-electron chi connectivity index (χ1n) is 4.66. The van der Waals surface area contributed by atoms with E-state index in [-0.39, 0.29) is 5.57 Å². The normalized spacial score (nSPS) is 13.6. The fourth-order valence-electron chi connectivity index (χ4n) is 0.772. The lowest BCUT2D eigenvalue weighted by Gasteiger charge is -2.32. The highest BCUT2D eigenvalue weighted by molar-refractivity contribution is 5.16. The van der Waals surface area contributed by atoms with Gasteiger partial charge >= 0.3 is 24.2 Å². The standard InChI is InChI=1S/C10H10F8O/c1-5(2)6(3)19-4-8(13,14)10(17,18)9(15,16)7(11)12/h7H,1,3-4H2,2H3. The van der Waals surface area contributed by atoms with Crippen molar-refractivity contribution in [2.24, 2.45) is 0 Å². The molecule has 0 aliphatic rings. The summed E-state index contributed by atoms with van der Waals surface area (Å²) in [5.74, 6) is -18.5. The molecule has 0 bridgehead atoms. The number of ether oxygens (including phenoxy) is 1. The van der Waals surface area contributed by atoms with Crippen LogP contribution < -0.4 is 0 Å². The van der Waals surface area contributed by atoms with Crippen LogP contribution in [0.2, 0.25) is 0 Å². The van der Waals surface area contributed by atoms with Crippen LogP contribution in [-0.4, -0.2) is 30.8 Å². The lowest BCUT2D eigenvalue weighted by atomic mass is 10.1. The quantitative estimate of drug-likeness (QED) is 0.387. The summed E-state index contributed by atoms with van der Waals surface area (Å²) in [6, 6.07) is 0. The van der Waals surface area contributed by atoms with Crippen LogP contribution in [0.3, 0.4) is 0 Å². The average molecular weight is 298 g/mol. The summed E-state index contributed by atoms with van der Waals surface area (Å²) in [7, 11) is 0. The lowest BCUT2D eigenvalue weighted by Crippen LogP contribution is -2.59. The summed E-state index contributed by atoms with van der Waals surface area (Å²) in [4.78, 5) is 0. The maximum atomic E-state index is 12.9. The van der Waals surface area contributed by atoms with Crippen molar-refractivity contribution in [1.29, 1.82) is 0 Å². The molecule has 0 saturated carbocycles. The van der Waals surface area contributed by atoms with Crippen molar-refractivity contribution >= 4 is 0 Å². The molecule has 0 N–H and O–H groups in total. The van der Waals surface area contributed by atoms with Gasteiger partial charge in [-0.05, 0) is 12.5 Å². The second kappa shape index (κ2) is 5.38. The second-order valence-electron chi connectivity index (χ2n) is 3.69. The van der Waals surface area contributed by atoms with Crippen LogP contribution in [-0.2, 0) is 4.74 Å². The van der Waals surface area contributed by atoms with Crippen LogP contribution in [0.4, 0.5) is 35.1 Å². The molecule has 0 amide bonds. The van der Waals surface area contributed by atoms with Crippen LogP contribution in [0.1, 0.15) is 6.92 Å². The molecule has 0 unspecified atom stereocenters. The molecule has 1 nitrogen and oxygen atoms in total. The van der Waals surface area contributed by atoms with E-state index in [4.69, 9.17) is 0 Å². The highest BCUT2D eigenvalue weighted by Gasteiger charge is 2.75. The molecule has 0 aliphatic heterocycles. The van der Waals surface area contributed by atoms with Crippen LogP contribution in [0.25, 0.3) is 0 Å². The average Bonchev–Trinajstić information content (AvgIpc) is 2.24. The van der Waals surface area contributed by atoms with Gasteiger partial charge in [-0.3, -0.25) is 0 Å². The van der Waals surface area contributed by atoms with Crippen LogP contribution in [0, 0.1) is 0 Å². The Morgan fingerprint density at radius 3 is 1.79 bits per heavy atom. The van der Waals surface area contributed by atoms with Gasteiger partial charge < -0.3 is 4.74 Å². The molecular weight excluding hydrogens is 288 g/mol. The minimum Gasteiger partial charge on any atom is -0.487 e. The summed E-state index contributed by atoms with van der Waals surface area (Å²) in [6.45, 7) is 5.17. The van der Waals surface area contributed by atoms with Crippen molar-refractivity contribution < 1.29 is 39.9 Å². The number of alkyl halides is 8. The first-order chi connectivity index (χ1) is 8.27. The van der Waals surface area contributed by atoms with E-state index in [1.54, 1.807) is 0 Å². The Morgan fingerprint density at radius 2 is 1.47 bits per heavy atom. The first-order valence-corrected chi connectivity index (χ1v) is 4.66. The molecular formula is C10H10F8O. The smallest absolute Gasteiger partial charge is 0.381 e. The van der Waals surface area contributed by atoms with Crippen molar-refractivity contribution in [3.8, 4) is 0 Å². The van der Waals surface area contributed by atoms with Crippen LogP contribution in [0.5, 0.6) is 0 Å². The molecule has 0 saturated heterocycles. The van der Waals surface area contributed by atoms with E-state index >= 15 is 0 Å². The number of halogens is 8. The minimum atomic E-state index is -6.27. The van der Waals surface area contributed by atoms with Gasteiger partial charge in [-0.25, -0.2) is 8.78 Å². The van der Waals surface area contributed by atoms with Gasteiger partial charge in [0.1, 0.15) is 5.76 Å². The summed E-state index contributed by atoms with van der Waals surface area (Å²) in [6.07, 6.45) is -4.95. The fraction of sp³-hybridized carbons (Fsp3) is 0.600. The molecule has 0 rings (SSSR count). The third kappa shape index (κ3) is 3.38. The molecule has 0 aromatic heterocycles. The Morgan fingerprint density at radius 1 is 1.05 bits per heavy atom. The van der Waals surface area contributed by atoms with Gasteiger partial charge in [0.25, 0.3) is 0 Å². The summed E-state index contributed by atoms with van der Waals surface area (Å²) >= 11 is 0. The Hall–Kier alpha value is -1.28. The fourth-order valence-corrected chi connectivity index (χ4v) is 0.772. The van der Waals surface area contributed by atoms with Crippen molar-refractivity contribution in [3.63, 3.8) is 0 Å². The summed E-state index contributed by atoms with van der Waals surface area (Å²) in [5.41, 5.74) is -0.0141. The highest BCUT2D eigenvalue weighted by Crippen LogP contribution is 2.48. The van der Waals surface area contributed by atoms with Crippen LogP contribution >= 0.6 is 0 Å². The van der Waals surface area contributed by atoms with E-state index in [0.29, 0.717) is 0 Å². The molecule has 0 heterocycles. The molecule has 0 atom stereocenters. The molecule has 0 spiro atoms. The number of allylic oxidation sites excluding steroid dienone is 1. The van der Waals surface area contributed by atoms with Gasteiger partial charge in [-0.1, -0.05) is 13.2 Å². The third-order valence-electron chi connectivity index (χ3n) is 2.06. The molecule has 0 aromatic rings. The van der Waals surface area contributed by atoms with Gasteiger partial charge in [0.2, 0.25) is 0 Å². The number of hydrogen-bond acceptors (Lipinski definition) is 1. The van der Waals surface area contributed by atoms with Gasteiger partial charge in [-0.15, -0.1) is 0 Å². The first kappa shape index (κ1) is 17.7. The largest absolute Gasteiger partial charge is 0.487 e.